The molecule has 0 amide bonds. The Hall–Kier alpha value is -2.29. The predicted octanol–water partition coefficient (Wildman–Crippen LogP) is 2.31. The fraction of sp³-hybridized carbons (Fsp3) is 0.200. The number of carbonyl (C=O) groups excluding carboxylic acids is 1. The zero-order valence-electron chi connectivity index (χ0n) is 12.6. The van der Waals surface area contributed by atoms with E-state index in [1.165, 1.54) is 21.9 Å². The van der Waals surface area contributed by atoms with Crippen LogP contribution in [0.5, 0.6) is 0 Å². The Morgan fingerprint density at radius 1 is 1.33 bits per heavy atom. The third-order valence-electron chi connectivity index (χ3n) is 3.05. The molecule has 0 N–H and O–H groups in total. The number of aromatic nitrogens is 3. The maximum Gasteiger partial charge on any atom is 0.340 e. The number of methoxy groups -OCH3 is 1. The second-order valence-corrected chi connectivity index (χ2v) is 6.21. The molecule has 7 nitrogen and oxygen atoms in total. The zero-order valence-corrected chi connectivity index (χ0v) is 14.1. The van der Waals surface area contributed by atoms with Gasteiger partial charge in [-0.25, -0.2) is 9.78 Å². The lowest BCUT2D eigenvalue weighted by molar-refractivity contribution is 0.0468. The molecule has 0 spiro atoms. The lowest BCUT2D eigenvalue weighted by Crippen LogP contribution is -2.16. The van der Waals surface area contributed by atoms with Gasteiger partial charge in [-0.3, -0.25) is 4.79 Å². The monoisotopic (exact) mass is 365 g/mol. The van der Waals surface area contributed by atoms with Crippen LogP contribution in [0.1, 0.15) is 21.1 Å². The summed E-state index contributed by atoms with van der Waals surface area (Å²) in [7, 11) is 1.54. The first-order chi connectivity index (χ1) is 11.6. The van der Waals surface area contributed by atoms with Crippen molar-refractivity contribution in [3.8, 4) is 0 Å². The van der Waals surface area contributed by atoms with Gasteiger partial charge in [0.2, 0.25) is 4.96 Å². The number of rotatable bonds is 5. The SMILES string of the molecule is COCc1nn2c(=O)cc(COC(=O)c3ccccc3Cl)nc2s1. The Morgan fingerprint density at radius 3 is 2.88 bits per heavy atom. The van der Waals surface area contributed by atoms with Crippen LogP contribution in [0.25, 0.3) is 4.96 Å². The minimum absolute atomic E-state index is 0.132. The van der Waals surface area contributed by atoms with Crippen LogP contribution in [-0.2, 0) is 22.7 Å². The lowest BCUT2D eigenvalue weighted by Gasteiger charge is -2.05. The molecule has 1 aromatic carbocycles. The molecule has 2 heterocycles. The molecule has 0 bridgehead atoms. The van der Waals surface area contributed by atoms with Crippen LogP contribution >= 0.6 is 22.9 Å². The van der Waals surface area contributed by atoms with Gasteiger partial charge >= 0.3 is 5.97 Å². The molecule has 0 unspecified atom stereocenters. The van der Waals surface area contributed by atoms with Crippen LogP contribution in [0.15, 0.2) is 35.1 Å². The van der Waals surface area contributed by atoms with Gasteiger partial charge < -0.3 is 9.47 Å². The number of carbonyl (C=O) groups is 1. The number of fused-ring (bicyclic) bond motifs is 1. The normalized spacial score (nSPS) is 10.9. The summed E-state index contributed by atoms with van der Waals surface area (Å²) in [6.45, 7) is 0.164. The molecule has 0 radical (unpaired) electrons. The highest BCUT2D eigenvalue weighted by molar-refractivity contribution is 7.16. The number of benzene rings is 1. The maximum absolute atomic E-state index is 12.1. The van der Waals surface area contributed by atoms with E-state index < -0.39 is 5.97 Å². The van der Waals surface area contributed by atoms with E-state index in [1.54, 1.807) is 31.4 Å². The molecule has 0 aliphatic rings. The topological polar surface area (TPSA) is 82.8 Å². The van der Waals surface area contributed by atoms with Gasteiger partial charge in [0.15, 0.2) is 0 Å². The van der Waals surface area contributed by atoms with E-state index >= 15 is 0 Å². The summed E-state index contributed by atoms with van der Waals surface area (Å²) in [5.74, 6) is -0.577. The van der Waals surface area contributed by atoms with Gasteiger partial charge in [0.25, 0.3) is 5.56 Å². The van der Waals surface area contributed by atoms with Crippen LogP contribution in [0.4, 0.5) is 0 Å². The minimum Gasteiger partial charge on any atom is -0.456 e. The standard InChI is InChI=1S/C15H12ClN3O4S/c1-22-8-12-18-19-13(20)6-9(17-15(19)24-12)7-23-14(21)10-4-2-3-5-11(10)16/h2-6H,7-8H2,1H3. The number of nitrogens with zero attached hydrogens (tertiary/aromatic N) is 3. The Balaban J connectivity index is 1.79. The average molecular weight is 366 g/mol. The Kier molecular flexibility index (Phi) is 4.89. The fourth-order valence-corrected chi connectivity index (χ4v) is 3.10. The summed E-state index contributed by atoms with van der Waals surface area (Å²) >= 11 is 7.19. The molecule has 24 heavy (non-hydrogen) atoms. The zero-order chi connectivity index (χ0) is 17.1. The quantitative estimate of drug-likeness (QED) is 0.645. The van der Waals surface area contributed by atoms with E-state index in [-0.39, 0.29) is 17.7 Å². The lowest BCUT2D eigenvalue weighted by atomic mass is 10.2. The van der Waals surface area contributed by atoms with Crippen molar-refractivity contribution in [1.29, 1.82) is 0 Å². The summed E-state index contributed by atoms with van der Waals surface area (Å²) < 4.78 is 11.4. The van der Waals surface area contributed by atoms with Crippen molar-refractivity contribution >= 4 is 33.9 Å². The van der Waals surface area contributed by atoms with Crippen molar-refractivity contribution in [2.45, 2.75) is 13.2 Å². The first-order valence-electron chi connectivity index (χ1n) is 6.88. The molecule has 0 fully saturated rings. The second-order valence-electron chi connectivity index (χ2n) is 4.76. The van der Waals surface area contributed by atoms with Crippen molar-refractivity contribution in [2.75, 3.05) is 7.11 Å². The number of esters is 1. The Bertz CT molecular complexity index is 953. The average Bonchev–Trinajstić information content (AvgIpc) is 2.96. The van der Waals surface area contributed by atoms with Gasteiger partial charge in [0, 0.05) is 13.2 Å². The molecule has 2 aromatic heterocycles. The summed E-state index contributed by atoms with van der Waals surface area (Å²) in [6, 6.07) is 7.85. The summed E-state index contributed by atoms with van der Waals surface area (Å²) in [6.07, 6.45) is 0. The predicted molar refractivity (Wildman–Crippen MR) is 88.4 cm³/mol. The minimum atomic E-state index is -0.577. The molecule has 0 aliphatic carbocycles. The van der Waals surface area contributed by atoms with Crippen molar-refractivity contribution in [1.82, 2.24) is 14.6 Å². The van der Waals surface area contributed by atoms with Gasteiger partial charge in [0.05, 0.1) is 22.9 Å². The molecule has 0 saturated heterocycles. The smallest absolute Gasteiger partial charge is 0.340 e. The molecule has 9 heteroatoms. The number of hydrogen-bond acceptors (Lipinski definition) is 7. The second kappa shape index (κ2) is 7.08. The van der Waals surface area contributed by atoms with Crippen molar-refractivity contribution in [2.24, 2.45) is 0 Å². The molecule has 0 aliphatic heterocycles. The molecule has 0 saturated carbocycles. The summed E-state index contributed by atoms with van der Waals surface area (Å²) in [4.78, 5) is 28.8. The van der Waals surface area contributed by atoms with E-state index in [0.717, 1.165) is 0 Å². The summed E-state index contributed by atoms with van der Waals surface area (Å²) in [5, 5.41) is 5.04. The first kappa shape index (κ1) is 16.6. The van der Waals surface area contributed by atoms with E-state index in [4.69, 9.17) is 21.1 Å². The van der Waals surface area contributed by atoms with E-state index in [1.807, 2.05) is 0 Å². The number of halogens is 1. The van der Waals surface area contributed by atoms with Crippen molar-refractivity contribution < 1.29 is 14.3 Å². The largest absolute Gasteiger partial charge is 0.456 e. The van der Waals surface area contributed by atoms with Crippen LogP contribution < -0.4 is 5.56 Å². The molecule has 124 valence electrons. The van der Waals surface area contributed by atoms with Gasteiger partial charge in [-0.15, -0.1) is 0 Å². The molecular weight excluding hydrogens is 354 g/mol. The van der Waals surface area contributed by atoms with E-state index in [2.05, 4.69) is 10.1 Å². The third-order valence-corrected chi connectivity index (χ3v) is 4.26. The van der Waals surface area contributed by atoms with E-state index in [9.17, 15) is 9.59 Å². The highest BCUT2D eigenvalue weighted by atomic mass is 35.5. The Labute approximate surface area is 145 Å². The van der Waals surface area contributed by atoms with Gasteiger partial charge in [-0.05, 0) is 12.1 Å². The van der Waals surface area contributed by atoms with Crippen LogP contribution in [0, 0.1) is 0 Å². The summed E-state index contributed by atoms with van der Waals surface area (Å²) in [5.41, 5.74) is 0.257. The highest BCUT2D eigenvalue weighted by Gasteiger charge is 2.13. The molecular formula is C15H12ClN3O4S. The fourth-order valence-electron chi connectivity index (χ4n) is 2.00. The molecule has 3 aromatic rings. The number of ether oxygens (including phenoxy) is 2. The maximum atomic E-state index is 12.1. The van der Waals surface area contributed by atoms with Gasteiger partial charge in [0.1, 0.15) is 11.6 Å². The highest BCUT2D eigenvalue weighted by Crippen LogP contribution is 2.17. The van der Waals surface area contributed by atoms with Crippen LogP contribution in [0.3, 0.4) is 0 Å². The van der Waals surface area contributed by atoms with Crippen LogP contribution in [0.2, 0.25) is 5.02 Å². The van der Waals surface area contributed by atoms with Gasteiger partial charge in [-0.2, -0.15) is 9.61 Å². The molecule has 3 rings (SSSR count). The first-order valence-corrected chi connectivity index (χ1v) is 8.07. The van der Waals surface area contributed by atoms with Crippen molar-refractivity contribution in [3.05, 3.63) is 62.0 Å². The molecule has 0 atom stereocenters. The van der Waals surface area contributed by atoms with Crippen LogP contribution in [-0.4, -0.2) is 27.7 Å². The third kappa shape index (κ3) is 3.45. The van der Waals surface area contributed by atoms with Crippen molar-refractivity contribution in [3.63, 3.8) is 0 Å². The van der Waals surface area contributed by atoms with Gasteiger partial charge in [-0.1, -0.05) is 35.1 Å². The Morgan fingerprint density at radius 2 is 2.12 bits per heavy atom. The van der Waals surface area contributed by atoms with E-state index in [0.29, 0.717) is 27.3 Å². The number of hydrogen-bond donors (Lipinski definition) is 0.